The van der Waals surface area contributed by atoms with Gasteiger partial charge >= 0.3 is 0 Å². The Balaban J connectivity index is 2.03. The smallest absolute Gasteiger partial charge is 0.201 e. The maximum absolute atomic E-state index is 12.4. The second-order valence-corrected chi connectivity index (χ2v) is 5.27. The molecule has 0 saturated heterocycles. The van der Waals surface area contributed by atoms with E-state index in [9.17, 15) is 4.79 Å². The van der Waals surface area contributed by atoms with E-state index in [-0.39, 0.29) is 12.3 Å². The fourth-order valence-electron chi connectivity index (χ4n) is 2.42. The van der Waals surface area contributed by atoms with Gasteiger partial charge in [0.25, 0.3) is 0 Å². The first-order chi connectivity index (χ1) is 10.1. The summed E-state index contributed by atoms with van der Waals surface area (Å²) in [6, 6.07) is 13.3. The summed E-state index contributed by atoms with van der Waals surface area (Å²) in [7, 11) is 0. The molecule has 2 N–H and O–H groups in total. The number of carbonyl (C=O) groups excluding carboxylic acids is 1. The number of carbonyl (C=O) groups is 1. The Morgan fingerprint density at radius 3 is 2.52 bits per heavy atom. The van der Waals surface area contributed by atoms with Crippen molar-refractivity contribution in [2.24, 2.45) is 0 Å². The third-order valence-electron chi connectivity index (χ3n) is 3.79. The molecule has 0 fully saturated rings. The van der Waals surface area contributed by atoms with Crippen molar-refractivity contribution in [2.75, 3.05) is 5.73 Å². The molecule has 0 spiro atoms. The first kappa shape index (κ1) is 13.4. The monoisotopic (exact) mass is 279 g/mol. The van der Waals surface area contributed by atoms with E-state index in [1.807, 2.05) is 56.3 Å². The van der Waals surface area contributed by atoms with Gasteiger partial charge in [-0.05, 0) is 37.1 Å². The van der Waals surface area contributed by atoms with Crippen LogP contribution in [0.5, 0.6) is 0 Å². The molecule has 0 unspecified atom stereocenters. The zero-order chi connectivity index (χ0) is 15.0. The molecule has 1 aromatic heterocycles. The SMILES string of the molecule is Cc1cc2nc(N)n(CC(=O)c3ccccc3)c2cc1C. The molecule has 0 saturated carbocycles. The van der Waals surface area contributed by atoms with Gasteiger partial charge in [-0.25, -0.2) is 4.98 Å². The Kier molecular flexibility index (Phi) is 3.22. The number of nitrogens with zero attached hydrogens (tertiary/aromatic N) is 2. The van der Waals surface area contributed by atoms with E-state index in [2.05, 4.69) is 4.98 Å². The van der Waals surface area contributed by atoms with Crippen LogP contribution in [0.4, 0.5) is 5.95 Å². The molecule has 0 aliphatic carbocycles. The molecule has 1 heterocycles. The van der Waals surface area contributed by atoms with Gasteiger partial charge in [0.2, 0.25) is 5.95 Å². The lowest BCUT2D eigenvalue weighted by Gasteiger charge is -2.07. The van der Waals surface area contributed by atoms with Crippen LogP contribution in [0.15, 0.2) is 42.5 Å². The first-order valence-corrected chi connectivity index (χ1v) is 6.87. The number of anilines is 1. The van der Waals surface area contributed by atoms with Gasteiger partial charge in [-0.3, -0.25) is 4.79 Å². The van der Waals surface area contributed by atoms with Crippen molar-refractivity contribution in [3.8, 4) is 0 Å². The third kappa shape index (κ3) is 2.40. The van der Waals surface area contributed by atoms with E-state index >= 15 is 0 Å². The second-order valence-electron chi connectivity index (χ2n) is 5.27. The van der Waals surface area contributed by atoms with E-state index in [0.717, 1.165) is 16.6 Å². The number of imidazole rings is 1. The summed E-state index contributed by atoms with van der Waals surface area (Å²) in [6.45, 7) is 4.29. The van der Waals surface area contributed by atoms with Crippen molar-refractivity contribution < 1.29 is 4.79 Å². The molecule has 0 atom stereocenters. The van der Waals surface area contributed by atoms with E-state index in [0.29, 0.717) is 11.5 Å². The van der Waals surface area contributed by atoms with Gasteiger partial charge in [-0.1, -0.05) is 30.3 Å². The van der Waals surface area contributed by atoms with E-state index in [1.54, 1.807) is 4.57 Å². The van der Waals surface area contributed by atoms with Crippen molar-refractivity contribution in [2.45, 2.75) is 20.4 Å². The zero-order valence-electron chi connectivity index (χ0n) is 12.1. The maximum atomic E-state index is 12.4. The van der Waals surface area contributed by atoms with Crippen molar-refractivity contribution in [3.05, 3.63) is 59.2 Å². The highest BCUT2D eigenvalue weighted by Crippen LogP contribution is 2.22. The number of nitrogens with two attached hydrogens (primary N) is 1. The van der Waals surface area contributed by atoms with Gasteiger partial charge in [0.1, 0.15) is 0 Å². The molecule has 3 aromatic rings. The van der Waals surface area contributed by atoms with Crippen LogP contribution in [0.1, 0.15) is 21.5 Å². The highest BCUT2D eigenvalue weighted by atomic mass is 16.1. The molecule has 0 aliphatic heterocycles. The number of ketones is 1. The fourth-order valence-corrected chi connectivity index (χ4v) is 2.42. The summed E-state index contributed by atoms with van der Waals surface area (Å²) in [5.41, 5.74) is 10.7. The Hall–Kier alpha value is -2.62. The highest BCUT2D eigenvalue weighted by molar-refractivity contribution is 5.97. The Bertz CT molecular complexity index is 819. The predicted molar refractivity (Wildman–Crippen MR) is 84.4 cm³/mol. The van der Waals surface area contributed by atoms with Crippen LogP contribution >= 0.6 is 0 Å². The largest absolute Gasteiger partial charge is 0.369 e. The van der Waals surface area contributed by atoms with Gasteiger partial charge in [-0.2, -0.15) is 0 Å². The third-order valence-corrected chi connectivity index (χ3v) is 3.79. The van der Waals surface area contributed by atoms with Gasteiger partial charge in [0.15, 0.2) is 5.78 Å². The molecule has 4 heteroatoms. The normalized spacial score (nSPS) is 11.0. The maximum Gasteiger partial charge on any atom is 0.201 e. The summed E-state index contributed by atoms with van der Waals surface area (Å²) in [4.78, 5) is 16.7. The zero-order valence-corrected chi connectivity index (χ0v) is 12.1. The first-order valence-electron chi connectivity index (χ1n) is 6.87. The standard InChI is InChI=1S/C17H17N3O/c1-11-8-14-15(9-12(11)2)20(17(18)19-14)10-16(21)13-6-4-3-5-7-13/h3-9H,10H2,1-2H3,(H2,18,19). The Labute approximate surface area is 123 Å². The Morgan fingerprint density at radius 1 is 1.14 bits per heavy atom. The minimum atomic E-state index is 0.0276. The van der Waals surface area contributed by atoms with Crippen LogP contribution in [0.2, 0.25) is 0 Å². The van der Waals surface area contributed by atoms with Crippen LogP contribution in [-0.4, -0.2) is 15.3 Å². The summed E-state index contributed by atoms with van der Waals surface area (Å²) >= 11 is 0. The van der Waals surface area contributed by atoms with E-state index in [4.69, 9.17) is 5.73 Å². The van der Waals surface area contributed by atoms with Crippen LogP contribution in [-0.2, 0) is 6.54 Å². The lowest BCUT2D eigenvalue weighted by Crippen LogP contribution is -2.12. The van der Waals surface area contributed by atoms with Crippen LogP contribution < -0.4 is 5.73 Å². The quantitative estimate of drug-likeness (QED) is 0.749. The molecule has 3 rings (SSSR count). The molecule has 0 amide bonds. The number of benzene rings is 2. The van der Waals surface area contributed by atoms with Crippen LogP contribution in [0, 0.1) is 13.8 Å². The molecule has 106 valence electrons. The number of hydrogen-bond acceptors (Lipinski definition) is 3. The number of aryl methyl sites for hydroxylation is 2. The van der Waals surface area contributed by atoms with Gasteiger partial charge in [-0.15, -0.1) is 0 Å². The lowest BCUT2D eigenvalue weighted by molar-refractivity contribution is 0.0974. The number of hydrogen-bond donors (Lipinski definition) is 1. The van der Waals surface area contributed by atoms with Gasteiger partial charge in [0, 0.05) is 5.56 Å². The fraction of sp³-hybridized carbons (Fsp3) is 0.176. The van der Waals surface area contributed by atoms with Crippen molar-refractivity contribution in [1.82, 2.24) is 9.55 Å². The van der Waals surface area contributed by atoms with Gasteiger partial charge in [0.05, 0.1) is 17.6 Å². The molecule has 0 radical (unpaired) electrons. The average Bonchev–Trinajstić information content (AvgIpc) is 2.76. The summed E-state index contributed by atoms with van der Waals surface area (Å²) < 4.78 is 1.77. The molecule has 21 heavy (non-hydrogen) atoms. The molecule has 2 aromatic carbocycles. The number of nitrogen functional groups attached to an aromatic ring is 1. The van der Waals surface area contributed by atoms with Crippen LogP contribution in [0.3, 0.4) is 0 Å². The van der Waals surface area contributed by atoms with E-state index < -0.39 is 0 Å². The topological polar surface area (TPSA) is 60.9 Å². The lowest BCUT2D eigenvalue weighted by atomic mass is 10.1. The summed E-state index contributed by atoms with van der Waals surface area (Å²) in [6.07, 6.45) is 0. The summed E-state index contributed by atoms with van der Waals surface area (Å²) in [5, 5.41) is 0. The molecular weight excluding hydrogens is 262 g/mol. The minimum Gasteiger partial charge on any atom is -0.369 e. The number of fused-ring (bicyclic) bond motifs is 1. The minimum absolute atomic E-state index is 0.0276. The molecule has 0 bridgehead atoms. The average molecular weight is 279 g/mol. The predicted octanol–water partition coefficient (Wildman–Crippen LogP) is 3.12. The number of Topliss-reactive ketones (excluding diaryl/α,β-unsaturated/α-hetero) is 1. The second kappa shape index (κ2) is 5.05. The Morgan fingerprint density at radius 2 is 1.81 bits per heavy atom. The number of aromatic nitrogens is 2. The number of rotatable bonds is 3. The molecular formula is C17H17N3O. The molecule has 0 aliphatic rings. The highest BCUT2D eigenvalue weighted by Gasteiger charge is 2.13. The van der Waals surface area contributed by atoms with Gasteiger partial charge < -0.3 is 10.3 Å². The van der Waals surface area contributed by atoms with Crippen molar-refractivity contribution >= 4 is 22.8 Å². The summed E-state index contributed by atoms with van der Waals surface area (Å²) in [5.74, 6) is 0.402. The van der Waals surface area contributed by atoms with Crippen molar-refractivity contribution in [3.63, 3.8) is 0 Å². The van der Waals surface area contributed by atoms with Crippen molar-refractivity contribution in [1.29, 1.82) is 0 Å². The van der Waals surface area contributed by atoms with E-state index in [1.165, 1.54) is 5.56 Å². The molecule has 4 nitrogen and oxygen atoms in total. The van der Waals surface area contributed by atoms with Crippen LogP contribution in [0.25, 0.3) is 11.0 Å².